The molecule has 2 aromatic carbocycles. The molecule has 1 unspecified atom stereocenters. The highest BCUT2D eigenvalue weighted by molar-refractivity contribution is 5.94. The van der Waals surface area contributed by atoms with Gasteiger partial charge in [-0.05, 0) is 42.8 Å². The number of aromatic hydroxyl groups is 1. The molecule has 0 aliphatic carbocycles. The van der Waals surface area contributed by atoms with Crippen LogP contribution in [-0.4, -0.2) is 23.7 Å². The molecule has 1 atom stereocenters. The van der Waals surface area contributed by atoms with Crippen LogP contribution in [0.5, 0.6) is 17.2 Å². The third-order valence-corrected chi connectivity index (χ3v) is 3.27. The third-order valence-electron chi connectivity index (χ3n) is 3.27. The minimum Gasteiger partial charge on any atom is -0.508 e. The van der Waals surface area contributed by atoms with E-state index in [0.29, 0.717) is 22.7 Å². The third kappa shape index (κ3) is 2.76. The Balaban J connectivity index is 1.70. The molecule has 5 heteroatoms. The Morgan fingerprint density at radius 1 is 1.24 bits per heavy atom. The number of aryl methyl sites for hydroxylation is 1. The van der Waals surface area contributed by atoms with Crippen LogP contribution in [0.4, 0.5) is 5.69 Å². The standard InChI is InChI=1S/C16H15NO4/c1-10-8-11(6-7-12(10)18)17-16(19)15-9-20-13-4-2-3-5-14(13)21-15/h2-8,15,18H,9H2,1H3,(H,17,19). The van der Waals surface area contributed by atoms with E-state index in [1.165, 1.54) is 0 Å². The zero-order valence-corrected chi connectivity index (χ0v) is 11.5. The number of nitrogens with one attached hydrogen (secondary N) is 1. The smallest absolute Gasteiger partial charge is 0.269 e. The highest BCUT2D eigenvalue weighted by atomic mass is 16.6. The van der Waals surface area contributed by atoms with Crippen molar-refractivity contribution in [1.29, 1.82) is 0 Å². The number of phenols is 1. The van der Waals surface area contributed by atoms with Gasteiger partial charge in [-0.3, -0.25) is 4.79 Å². The van der Waals surface area contributed by atoms with E-state index in [2.05, 4.69) is 5.32 Å². The largest absolute Gasteiger partial charge is 0.508 e. The zero-order valence-electron chi connectivity index (χ0n) is 11.5. The zero-order chi connectivity index (χ0) is 14.8. The van der Waals surface area contributed by atoms with Crippen LogP contribution in [0.15, 0.2) is 42.5 Å². The van der Waals surface area contributed by atoms with E-state index in [4.69, 9.17) is 9.47 Å². The molecule has 0 fully saturated rings. The minimum atomic E-state index is -0.700. The van der Waals surface area contributed by atoms with Crippen LogP contribution < -0.4 is 14.8 Å². The fourth-order valence-corrected chi connectivity index (χ4v) is 2.10. The van der Waals surface area contributed by atoms with Crippen LogP contribution in [0.3, 0.4) is 0 Å². The molecule has 3 rings (SSSR count). The molecular weight excluding hydrogens is 270 g/mol. The van der Waals surface area contributed by atoms with Gasteiger partial charge in [0.15, 0.2) is 11.5 Å². The van der Waals surface area contributed by atoms with Gasteiger partial charge in [0.2, 0.25) is 6.10 Å². The van der Waals surface area contributed by atoms with E-state index in [0.717, 1.165) is 0 Å². The van der Waals surface area contributed by atoms with Gasteiger partial charge in [0.1, 0.15) is 12.4 Å². The Hall–Kier alpha value is -2.69. The van der Waals surface area contributed by atoms with Crippen molar-refractivity contribution in [2.24, 2.45) is 0 Å². The Kier molecular flexibility index (Phi) is 3.39. The summed E-state index contributed by atoms with van der Waals surface area (Å²) < 4.78 is 11.1. The lowest BCUT2D eigenvalue weighted by Crippen LogP contribution is -2.40. The SMILES string of the molecule is Cc1cc(NC(=O)C2COc3ccccc3O2)ccc1O. The molecule has 0 spiro atoms. The van der Waals surface area contributed by atoms with Crippen LogP contribution in [0.25, 0.3) is 0 Å². The average Bonchev–Trinajstić information content (AvgIpc) is 2.50. The maximum atomic E-state index is 12.2. The van der Waals surface area contributed by atoms with Gasteiger partial charge in [0, 0.05) is 5.69 Å². The molecule has 0 saturated heterocycles. The summed E-state index contributed by atoms with van der Waals surface area (Å²) in [5.41, 5.74) is 1.30. The molecule has 5 nitrogen and oxygen atoms in total. The number of hydrogen-bond acceptors (Lipinski definition) is 4. The van der Waals surface area contributed by atoms with Crippen LogP contribution >= 0.6 is 0 Å². The number of anilines is 1. The number of carbonyl (C=O) groups is 1. The van der Waals surface area contributed by atoms with Gasteiger partial charge >= 0.3 is 0 Å². The summed E-state index contributed by atoms with van der Waals surface area (Å²) in [4.78, 5) is 12.2. The van der Waals surface area contributed by atoms with Crippen LogP contribution in [0, 0.1) is 6.92 Å². The highest BCUT2D eigenvalue weighted by Gasteiger charge is 2.27. The molecule has 2 aromatic rings. The van der Waals surface area contributed by atoms with Crippen molar-refractivity contribution in [1.82, 2.24) is 0 Å². The first kappa shape index (κ1) is 13.3. The van der Waals surface area contributed by atoms with E-state index >= 15 is 0 Å². The first-order chi connectivity index (χ1) is 10.1. The van der Waals surface area contributed by atoms with E-state index in [1.807, 2.05) is 12.1 Å². The summed E-state index contributed by atoms with van der Waals surface area (Å²) in [6.45, 7) is 1.93. The second-order valence-electron chi connectivity index (χ2n) is 4.85. The second kappa shape index (κ2) is 5.36. The Bertz CT molecular complexity index is 684. The summed E-state index contributed by atoms with van der Waals surface area (Å²) in [5, 5.41) is 12.2. The molecule has 21 heavy (non-hydrogen) atoms. The van der Waals surface area contributed by atoms with Crippen LogP contribution in [-0.2, 0) is 4.79 Å². The van der Waals surface area contributed by atoms with E-state index < -0.39 is 6.10 Å². The molecule has 1 amide bonds. The van der Waals surface area contributed by atoms with E-state index in [9.17, 15) is 9.90 Å². The number of benzene rings is 2. The van der Waals surface area contributed by atoms with Gasteiger partial charge in [-0.15, -0.1) is 0 Å². The normalized spacial score (nSPS) is 16.3. The van der Waals surface area contributed by atoms with Crippen molar-refractivity contribution in [3.05, 3.63) is 48.0 Å². The number of rotatable bonds is 2. The fourth-order valence-electron chi connectivity index (χ4n) is 2.10. The van der Waals surface area contributed by atoms with E-state index in [1.54, 1.807) is 37.3 Å². The Morgan fingerprint density at radius 3 is 2.76 bits per heavy atom. The molecule has 108 valence electrons. The first-order valence-corrected chi connectivity index (χ1v) is 6.62. The number of ether oxygens (including phenoxy) is 2. The molecule has 2 N–H and O–H groups in total. The maximum Gasteiger partial charge on any atom is 0.269 e. The van der Waals surface area contributed by atoms with E-state index in [-0.39, 0.29) is 18.3 Å². The summed E-state index contributed by atoms with van der Waals surface area (Å²) in [6.07, 6.45) is -0.700. The monoisotopic (exact) mass is 285 g/mol. The molecule has 0 radical (unpaired) electrons. The second-order valence-corrected chi connectivity index (χ2v) is 4.85. The van der Waals surface area contributed by atoms with Crippen molar-refractivity contribution < 1.29 is 19.4 Å². The van der Waals surface area contributed by atoms with Gasteiger partial charge < -0.3 is 19.9 Å². The number of fused-ring (bicyclic) bond motifs is 1. The first-order valence-electron chi connectivity index (χ1n) is 6.62. The quantitative estimate of drug-likeness (QED) is 0.832. The van der Waals surface area contributed by atoms with Gasteiger partial charge in [0.25, 0.3) is 5.91 Å². The molecule has 0 saturated carbocycles. The number of phenolic OH excluding ortho intramolecular Hbond substituents is 1. The van der Waals surface area contributed by atoms with Gasteiger partial charge in [-0.2, -0.15) is 0 Å². The van der Waals surface area contributed by atoms with Gasteiger partial charge in [0.05, 0.1) is 0 Å². The predicted octanol–water partition coefficient (Wildman–Crippen LogP) is 2.48. The molecule has 1 aliphatic heterocycles. The van der Waals surface area contributed by atoms with Gasteiger partial charge in [-0.1, -0.05) is 12.1 Å². The predicted molar refractivity (Wildman–Crippen MR) is 77.8 cm³/mol. The summed E-state index contributed by atoms with van der Waals surface area (Å²) in [5.74, 6) is 1.11. The minimum absolute atomic E-state index is 0.167. The highest BCUT2D eigenvalue weighted by Crippen LogP contribution is 2.31. The molecule has 0 bridgehead atoms. The topological polar surface area (TPSA) is 67.8 Å². The van der Waals surface area contributed by atoms with Crippen molar-refractivity contribution in [3.63, 3.8) is 0 Å². The lowest BCUT2D eigenvalue weighted by molar-refractivity contribution is -0.125. The lowest BCUT2D eigenvalue weighted by atomic mass is 10.2. The fraction of sp³-hybridized carbons (Fsp3) is 0.188. The van der Waals surface area contributed by atoms with Crippen molar-refractivity contribution in [2.45, 2.75) is 13.0 Å². The molecular formula is C16H15NO4. The number of amides is 1. The van der Waals surface area contributed by atoms with Crippen molar-refractivity contribution in [3.8, 4) is 17.2 Å². The Labute approximate surface area is 122 Å². The van der Waals surface area contributed by atoms with Gasteiger partial charge in [-0.25, -0.2) is 0 Å². The molecule has 1 aliphatic rings. The van der Waals surface area contributed by atoms with Crippen LogP contribution in [0.1, 0.15) is 5.56 Å². The molecule has 1 heterocycles. The van der Waals surface area contributed by atoms with Crippen molar-refractivity contribution in [2.75, 3.05) is 11.9 Å². The number of para-hydroxylation sites is 2. The molecule has 0 aromatic heterocycles. The van der Waals surface area contributed by atoms with Crippen molar-refractivity contribution >= 4 is 11.6 Å². The number of hydrogen-bond donors (Lipinski definition) is 2. The summed E-state index contributed by atoms with van der Waals surface area (Å²) in [6, 6.07) is 12.1. The summed E-state index contributed by atoms with van der Waals surface area (Å²) >= 11 is 0. The number of carbonyl (C=O) groups excluding carboxylic acids is 1. The van der Waals surface area contributed by atoms with Crippen LogP contribution in [0.2, 0.25) is 0 Å². The maximum absolute atomic E-state index is 12.2. The lowest BCUT2D eigenvalue weighted by Gasteiger charge is -2.25. The Morgan fingerprint density at radius 2 is 2.00 bits per heavy atom. The summed E-state index contributed by atoms with van der Waals surface area (Å²) in [7, 11) is 0. The average molecular weight is 285 g/mol.